The molecule has 4 unspecified atom stereocenters. The Hall–Kier alpha value is -4.00. The van der Waals surface area contributed by atoms with Gasteiger partial charge in [0.25, 0.3) is 0 Å². The molecular formula is C23H16F2N4O3. The van der Waals surface area contributed by atoms with Crippen LogP contribution < -0.4 is 4.74 Å². The lowest BCUT2D eigenvalue weighted by Gasteiger charge is -2.48. The summed E-state index contributed by atoms with van der Waals surface area (Å²) in [4.78, 5) is 0. The van der Waals surface area contributed by atoms with Crippen molar-refractivity contribution in [2.24, 2.45) is 16.7 Å². The van der Waals surface area contributed by atoms with E-state index in [1.165, 1.54) is 13.2 Å². The molecule has 1 N–H and O–H groups in total. The minimum Gasteiger partial charge on any atom is -0.497 e. The van der Waals surface area contributed by atoms with E-state index in [-0.39, 0.29) is 5.56 Å². The number of hydrogen-bond donors (Lipinski definition) is 1. The zero-order chi connectivity index (χ0) is 23.3. The number of ether oxygens (including phenoxy) is 3. The van der Waals surface area contributed by atoms with Crippen LogP contribution in [-0.4, -0.2) is 13.0 Å². The molecule has 2 heterocycles. The zero-order valence-electron chi connectivity index (χ0n) is 17.0. The molecule has 0 aromatic heterocycles. The third kappa shape index (κ3) is 2.36. The van der Waals surface area contributed by atoms with Crippen LogP contribution in [0.4, 0.5) is 8.78 Å². The number of nitrogens with zero attached hydrogens (tertiary/aromatic N) is 3. The molecule has 32 heavy (non-hydrogen) atoms. The molecule has 7 nitrogen and oxygen atoms in total. The van der Waals surface area contributed by atoms with Gasteiger partial charge < -0.3 is 14.2 Å². The van der Waals surface area contributed by atoms with Gasteiger partial charge >= 0.3 is 0 Å². The molecule has 2 aliphatic heterocycles. The van der Waals surface area contributed by atoms with Gasteiger partial charge in [-0.3, -0.25) is 5.41 Å². The Bertz CT molecular complexity index is 1230. The second-order valence-corrected chi connectivity index (χ2v) is 7.67. The van der Waals surface area contributed by atoms with Gasteiger partial charge in [0.1, 0.15) is 11.9 Å². The van der Waals surface area contributed by atoms with Crippen LogP contribution in [-0.2, 0) is 15.3 Å². The largest absolute Gasteiger partial charge is 0.497 e. The Kier molecular flexibility index (Phi) is 4.66. The van der Waals surface area contributed by atoms with Crippen LogP contribution in [0.15, 0.2) is 42.5 Å². The Balaban J connectivity index is 2.02. The van der Waals surface area contributed by atoms with Gasteiger partial charge in [-0.1, -0.05) is 13.0 Å². The molecule has 2 fully saturated rings. The van der Waals surface area contributed by atoms with E-state index in [9.17, 15) is 24.6 Å². The summed E-state index contributed by atoms with van der Waals surface area (Å²) in [6, 6.07) is 15.0. The number of nitrogens with one attached hydrogen (secondary N) is 1. The summed E-state index contributed by atoms with van der Waals surface area (Å²) in [5, 5.41) is 39.0. The first-order chi connectivity index (χ1) is 15.3. The first-order valence-corrected chi connectivity index (χ1v) is 9.55. The fraction of sp³-hybridized carbons (Fsp3) is 0.304. The SMILES string of the molecule is COc1ccc(C23OC(=N)C(C#N)(C2C)C(C#N)(C#N)C(c2ccc(F)c(F)c2)O3)cc1. The Morgan fingerprint density at radius 1 is 1.00 bits per heavy atom. The van der Waals surface area contributed by atoms with Crippen LogP contribution in [0.3, 0.4) is 0 Å². The molecule has 2 aromatic carbocycles. The summed E-state index contributed by atoms with van der Waals surface area (Å²) in [7, 11) is 1.49. The van der Waals surface area contributed by atoms with E-state index in [0.29, 0.717) is 11.3 Å². The van der Waals surface area contributed by atoms with E-state index >= 15 is 0 Å². The summed E-state index contributed by atoms with van der Waals surface area (Å²) < 4.78 is 44.9. The van der Waals surface area contributed by atoms with Gasteiger partial charge in [0, 0.05) is 5.56 Å². The first kappa shape index (κ1) is 21.2. The molecule has 0 radical (unpaired) electrons. The fourth-order valence-corrected chi connectivity index (χ4v) is 4.67. The number of hydrogen-bond acceptors (Lipinski definition) is 7. The zero-order valence-corrected chi connectivity index (χ0v) is 17.0. The van der Waals surface area contributed by atoms with E-state index in [2.05, 4.69) is 0 Å². The second kappa shape index (κ2) is 7.02. The monoisotopic (exact) mass is 434 g/mol. The average molecular weight is 434 g/mol. The lowest BCUT2D eigenvalue weighted by molar-refractivity contribution is -0.288. The number of benzene rings is 2. The van der Waals surface area contributed by atoms with E-state index in [4.69, 9.17) is 19.6 Å². The topological polar surface area (TPSA) is 123 Å². The van der Waals surface area contributed by atoms with E-state index in [1.54, 1.807) is 31.2 Å². The Morgan fingerprint density at radius 2 is 1.66 bits per heavy atom. The predicted molar refractivity (Wildman–Crippen MR) is 105 cm³/mol. The molecule has 2 bridgehead atoms. The minimum atomic E-state index is -2.27. The van der Waals surface area contributed by atoms with Crippen molar-refractivity contribution >= 4 is 5.90 Å². The molecule has 0 saturated carbocycles. The van der Waals surface area contributed by atoms with Crippen LogP contribution >= 0.6 is 0 Å². The summed E-state index contributed by atoms with van der Waals surface area (Å²) >= 11 is 0. The smallest absolute Gasteiger partial charge is 0.244 e. The second-order valence-electron chi connectivity index (χ2n) is 7.67. The molecule has 2 aliphatic rings. The fourth-order valence-electron chi connectivity index (χ4n) is 4.67. The molecule has 2 saturated heterocycles. The average Bonchev–Trinajstić information content (AvgIpc) is 2.97. The molecule has 4 atom stereocenters. The quantitative estimate of drug-likeness (QED) is 0.776. The summed E-state index contributed by atoms with van der Waals surface area (Å²) in [5.41, 5.74) is -3.93. The van der Waals surface area contributed by atoms with Crippen molar-refractivity contribution in [1.82, 2.24) is 0 Å². The van der Waals surface area contributed by atoms with Crippen LogP contribution in [0.25, 0.3) is 0 Å². The highest BCUT2D eigenvalue weighted by molar-refractivity contribution is 5.89. The van der Waals surface area contributed by atoms with E-state index in [0.717, 1.165) is 12.1 Å². The molecule has 4 rings (SSSR count). The standard InChI is InChI=1S/C23H16F2N4O3/c1-13-22(12-28)20(29)32-23(13,15-4-6-16(30-2)7-5-15)31-19(21(22,10-26)11-27)14-3-8-17(24)18(25)9-14/h3-9,13,19,29H,1-2H3. The molecule has 0 spiro atoms. The first-order valence-electron chi connectivity index (χ1n) is 9.55. The molecule has 160 valence electrons. The van der Waals surface area contributed by atoms with Crippen LogP contribution in [0, 0.1) is 67.8 Å². The van der Waals surface area contributed by atoms with Gasteiger partial charge in [0.2, 0.25) is 17.1 Å². The highest BCUT2D eigenvalue weighted by Crippen LogP contribution is 2.69. The number of halogens is 2. The minimum absolute atomic E-state index is 0.0327. The molecule has 9 heteroatoms. The highest BCUT2D eigenvalue weighted by atomic mass is 19.2. The van der Waals surface area contributed by atoms with Crippen LogP contribution in [0.2, 0.25) is 0 Å². The Labute approximate surface area is 182 Å². The molecule has 0 aliphatic carbocycles. The molecule has 0 amide bonds. The number of rotatable bonds is 3. The predicted octanol–water partition coefficient (Wildman–Crippen LogP) is 4.08. The van der Waals surface area contributed by atoms with Crippen molar-refractivity contribution in [2.45, 2.75) is 18.8 Å². The van der Waals surface area contributed by atoms with Crippen molar-refractivity contribution in [2.75, 3.05) is 7.11 Å². The lowest BCUT2D eigenvalue weighted by atomic mass is 9.53. The normalized spacial score (nSPS) is 29.8. The number of fused-ring (bicyclic) bond motifs is 2. The van der Waals surface area contributed by atoms with Crippen molar-refractivity contribution < 1.29 is 23.0 Å². The number of methoxy groups -OCH3 is 1. The number of nitriles is 3. The van der Waals surface area contributed by atoms with E-state index in [1.807, 2.05) is 18.2 Å². The van der Waals surface area contributed by atoms with Gasteiger partial charge in [0.05, 0.1) is 31.2 Å². The van der Waals surface area contributed by atoms with Crippen molar-refractivity contribution in [1.29, 1.82) is 21.2 Å². The van der Waals surface area contributed by atoms with Gasteiger partial charge in [-0.2, -0.15) is 15.8 Å². The van der Waals surface area contributed by atoms with Gasteiger partial charge in [0.15, 0.2) is 17.0 Å². The maximum Gasteiger partial charge on any atom is 0.244 e. The maximum absolute atomic E-state index is 14.1. The maximum atomic E-state index is 14.1. The van der Waals surface area contributed by atoms with Crippen molar-refractivity contribution in [3.8, 4) is 24.0 Å². The van der Waals surface area contributed by atoms with Crippen LogP contribution in [0.5, 0.6) is 5.75 Å². The third-order valence-corrected chi connectivity index (χ3v) is 6.41. The molecular weight excluding hydrogens is 418 g/mol. The van der Waals surface area contributed by atoms with Crippen LogP contribution in [0.1, 0.15) is 24.2 Å². The Morgan fingerprint density at radius 3 is 2.19 bits per heavy atom. The lowest BCUT2D eigenvalue weighted by Crippen LogP contribution is -2.57. The summed E-state index contributed by atoms with van der Waals surface area (Å²) in [6.07, 6.45) is -1.52. The van der Waals surface area contributed by atoms with Crippen molar-refractivity contribution in [3.63, 3.8) is 0 Å². The molecule has 2 aromatic rings. The van der Waals surface area contributed by atoms with Gasteiger partial charge in [-0.15, -0.1) is 0 Å². The summed E-state index contributed by atoms with van der Waals surface area (Å²) in [6.45, 7) is 1.56. The van der Waals surface area contributed by atoms with Gasteiger partial charge in [-0.05, 0) is 42.0 Å². The van der Waals surface area contributed by atoms with E-state index < -0.39 is 46.2 Å². The highest BCUT2D eigenvalue weighted by Gasteiger charge is 2.79. The summed E-state index contributed by atoms with van der Waals surface area (Å²) in [5.74, 6) is -5.09. The van der Waals surface area contributed by atoms with Crippen molar-refractivity contribution in [3.05, 3.63) is 65.2 Å². The third-order valence-electron chi connectivity index (χ3n) is 6.41. The van der Waals surface area contributed by atoms with Gasteiger partial charge in [-0.25, -0.2) is 8.78 Å².